The van der Waals surface area contributed by atoms with E-state index in [1.165, 1.54) is 18.3 Å². The molecule has 5 atom stereocenters. The molecule has 0 aromatic carbocycles. The van der Waals surface area contributed by atoms with Crippen LogP contribution >= 0.6 is 11.3 Å². The van der Waals surface area contributed by atoms with Gasteiger partial charge in [-0.2, -0.15) is 0 Å². The molecule has 0 unspecified atom stereocenters. The van der Waals surface area contributed by atoms with Gasteiger partial charge in [0.15, 0.2) is 5.69 Å². The van der Waals surface area contributed by atoms with Gasteiger partial charge in [0.25, 0.3) is 0 Å². The van der Waals surface area contributed by atoms with E-state index in [1.54, 1.807) is 29.2 Å². The second-order valence-corrected chi connectivity index (χ2v) is 11.7. The average Bonchev–Trinajstić information content (AvgIpc) is 3.60. The third-order valence-electron chi connectivity index (χ3n) is 7.59. The number of esters is 1. The first-order chi connectivity index (χ1) is 19.4. The van der Waals surface area contributed by atoms with Gasteiger partial charge in [-0.05, 0) is 58.5 Å². The number of likely N-dealkylation sites (N-methyl/N-ethyl adjacent to an activating group) is 2. The minimum atomic E-state index is -1.11. The summed E-state index contributed by atoms with van der Waals surface area (Å²) in [6, 6.07) is -1.69. The number of likely N-dealkylation sites (tertiary alicyclic amines) is 1. The van der Waals surface area contributed by atoms with Crippen molar-refractivity contribution in [1.29, 1.82) is 0 Å². The molecule has 1 fully saturated rings. The number of amides is 3. The monoisotopic (exact) mass is 567 g/mol. The highest BCUT2D eigenvalue weighted by molar-refractivity contribution is 7.09. The second kappa shape index (κ2) is 14.2. The van der Waals surface area contributed by atoms with Crippen molar-refractivity contribution in [3.63, 3.8) is 0 Å². The molecule has 1 saturated heterocycles. The van der Waals surface area contributed by atoms with Crippen LogP contribution < -0.4 is 10.6 Å². The molecule has 1 aliphatic heterocycles. The smallest absolute Gasteiger partial charge is 0.357 e. The van der Waals surface area contributed by atoms with Gasteiger partial charge in [-0.15, -0.1) is 11.3 Å². The lowest BCUT2D eigenvalue weighted by Crippen LogP contribution is -2.60. The fourth-order valence-electron chi connectivity index (χ4n) is 4.87. The second-order valence-electron chi connectivity index (χ2n) is 10.8. The molecule has 39 heavy (non-hydrogen) atoms. The number of aromatic nitrogens is 1. The molecule has 2 N–H and O–H groups in total. The topological polar surface area (TPSA) is 121 Å². The van der Waals surface area contributed by atoms with E-state index in [-0.39, 0.29) is 61.8 Å². The summed E-state index contributed by atoms with van der Waals surface area (Å²) in [5.41, 5.74) is -0.939. The summed E-state index contributed by atoms with van der Waals surface area (Å²) in [6.07, 6.45) is 2.20. The Labute approximate surface area is 240 Å². The van der Waals surface area contributed by atoms with Crippen molar-refractivity contribution < 1.29 is 26.7 Å². The quantitative estimate of drug-likeness (QED) is 0.351. The van der Waals surface area contributed by atoms with Crippen LogP contribution in [0.15, 0.2) is 5.38 Å². The number of carbonyl (C=O) groups is 4. The van der Waals surface area contributed by atoms with E-state index in [0.717, 1.165) is 6.42 Å². The van der Waals surface area contributed by atoms with Crippen LogP contribution in [-0.2, 0) is 19.1 Å². The number of nitrogens with one attached hydrogen (secondary N) is 2. The van der Waals surface area contributed by atoms with Crippen LogP contribution in [0.25, 0.3) is 0 Å². The fourth-order valence-corrected chi connectivity index (χ4v) is 5.72. The largest absolute Gasteiger partial charge is 0.461 e. The molecule has 1 aromatic heterocycles. The number of carbonyl (C=O) groups excluding carboxylic acids is 4. The molecule has 2 heterocycles. The van der Waals surface area contributed by atoms with E-state index in [2.05, 4.69) is 15.6 Å². The number of hydrogen-bond acceptors (Lipinski definition) is 8. The third-order valence-corrected chi connectivity index (χ3v) is 8.54. The number of nitrogens with zero attached hydrogens (tertiary/aromatic N) is 3. The Kier molecular flexibility index (Phi) is 10.7. The van der Waals surface area contributed by atoms with Gasteiger partial charge in [-0.3, -0.25) is 19.3 Å². The first kappa shape index (κ1) is 29.5. The molecule has 0 bridgehead atoms. The van der Waals surface area contributed by atoms with Crippen LogP contribution in [0.5, 0.6) is 0 Å². The molecule has 1 aliphatic rings. The molecular weight excluding hydrogens is 518 g/mol. The van der Waals surface area contributed by atoms with Gasteiger partial charge in [0, 0.05) is 28.1 Å². The van der Waals surface area contributed by atoms with Gasteiger partial charge >= 0.3 is 5.97 Å². The maximum atomic E-state index is 14.0. The van der Waals surface area contributed by atoms with E-state index in [0.29, 0.717) is 30.8 Å². The Morgan fingerprint density at radius 2 is 1.97 bits per heavy atom. The van der Waals surface area contributed by atoms with Crippen molar-refractivity contribution >= 4 is 35.0 Å². The molecule has 0 aliphatic carbocycles. The SMILES string of the molecule is [2H]CN1CCC[C@@]1(C[2H])C(=O)N[C@H](C(=O)N(C)[C@H](C[C@@H](NC(C)=O)c1nc(C(=O)OCC)cs1)C(C)C)[C@@H](C)CC. The van der Waals surface area contributed by atoms with Crippen molar-refractivity contribution in [3.05, 3.63) is 16.1 Å². The van der Waals surface area contributed by atoms with E-state index in [4.69, 9.17) is 7.48 Å². The Morgan fingerprint density at radius 1 is 1.26 bits per heavy atom. The molecule has 0 radical (unpaired) electrons. The highest BCUT2D eigenvalue weighted by Gasteiger charge is 2.43. The molecule has 220 valence electrons. The van der Waals surface area contributed by atoms with Crippen LogP contribution in [0.3, 0.4) is 0 Å². The molecule has 3 amide bonds. The van der Waals surface area contributed by atoms with Crippen molar-refractivity contribution in [2.45, 2.75) is 97.8 Å². The number of hydrogen-bond donors (Lipinski definition) is 2. The third kappa shape index (κ3) is 8.00. The Morgan fingerprint density at radius 3 is 2.54 bits per heavy atom. The average molecular weight is 568 g/mol. The maximum absolute atomic E-state index is 14.0. The summed E-state index contributed by atoms with van der Waals surface area (Å²) in [5, 5.41) is 8.04. The Bertz CT molecular complexity index is 1060. The van der Waals surface area contributed by atoms with Crippen molar-refractivity contribution in [1.82, 2.24) is 25.4 Å². The highest BCUT2D eigenvalue weighted by Crippen LogP contribution is 2.30. The Balaban J connectivity index is 2.34. The van der Waals surface area contributed by atoms with E-state index >= 15 is 0 Å². The maximum Gasteiger partial charge on any atom is 0.357 e. The predicted molar refractivity (Wildman–Crippen MR) is 152 cm³/mol. The Hall–Kier alpha value is -2.53. The zero-order valence-electron chi connectivity index (χ0n) is 26.4. The van der Waals surface area contributed by atoms with Crippen LogP contribution in [0.1, 0.15) is 98.4 Å². The van der Waals surface area contributed by atoms with Gasteiger partial charge in [-0.1, -0.05) is 34.1 Å². The van der Waals surface area contributed by atoms with Gasteiger partial charge < -0.3 is 20.3 Å². The van der Waals surface area contributed by atoms with E-state index < -0.39 is 23.6 Å². The molecular formula is C28H47N5O5S. The zero-order chi connectivity index (χ0) is 30.9. The van der Waals surface area contributed by atoms with Gasteiger partial charge in [0.05, 0.1) is 18.2 Å². The summed E-state index contributed by atoms with van der Waals surface area (Å²) in [5.74, 6) is -1.61. The summed E-state index contributed by atoms with van der Waals surface area (Å²) in [6.45, 7) is 11.6. The van der Waals surface area contributed by atoms with E-state index in [9.17, 15) is 19.2 Å². The molecule has 1 aromatic rings. The van der Waals surface area contributed by atoms with Gasteiger partial charge in [-0.25, -0.2) is 9.78 Å². The lowest BCUT2D eigenvalue weighted by molar-refractivity contribution is -0.142. The molecule has 0 saturated carbocycles. The summed E-state index contributed by atoms with van der Waals surface area (Å²) < 4.78 is 21.1. The van der Waals surface area contributed by atoms with Crippen LogP contribution in [0.4, 0.5) is 0 Å². The lowest BCUT2D eigenvalue weighted by Gasteiger charge is -2.38. The first-order valence-corrected chi connectivity index (χ1v) is 14.5. The molecule has 11 heteroatoms. The van der Waals surface area contributed by atoms with Crippen molar-refractivity contribution in [2.75, 3.05) is 27.2 Å². The lowest BCUT2D eigenvalue weighted by atomic mass is 9.91. The molecule has 0 spiro atoms. The fraction of sp³-hybridized carbons (Fsp3) is 0.750. The summed E-state index contributed by atoms with van der Waals surface area (Å²) in [7, 11) is 1.62. The normalized spacial score (nSPS) is 21.3. The summed E-state index contributed by atoms with van der Waals surface area (Å²) >= 11 is 1.24. The zero-order valence-corrected chi connectivity index (χ0v) is 25.2. The van der Waals surface area contributed by atoms with Gasteiger partial charge in [0.2, 0.25) is 17.7 Å². The standard InChI is InChI=1S/C28H47N5O5S/c1-10-18(5)23(31-27(37)28(7)13-12-14-32(28)8)25(35)33(9)22(17(3)4)15-20(29-19(6)34)24-30-21(16-39-24)26(36)38-11-2/h16-18,20,22-23H,10-15H2,1-9H3,(H,29,34)(H,31,37)/t18-,20+,22+,23-,28-/m0/s1/i7D,8D. The van der Waals surface area contributed by atoms with Crippen LogP contribution in [0, 0.1) is 11.8 Å². The van der Waals surface area contributed by atoms with Gasteiger partial charge in [0.1, 0.15) is 11.0 Å². The number of rotatable bonds is 13. The minimum absolute atomic E-state index is 0.00814. The van der Waals surface area contributed by atoms with Crippen LogP contribution in [0.2, 0.25) is 0 Å². The minimum Gasteiger partial charge on any atom is -0.461 e. The first-order valence-electron chi connectivity index (χ1n) is 15.1. The molecule has 10 nitrogen and oxygen atoms in total. The highest BCUT2D eigenvalue weighted by atomic mass is 32.1. The van der Waals surface area contributed by atoms with Crippen molar-refractivity contribution in [3.8, 4) is 0 Å². The summed E-state index contributed by atoms with van der Waals surface area (Å²) in [4.78, 5) is 59.7. The predicted octanol–water partition coefficient (Wildman–Crippen LogP) is 3.39. The van der Waals surface area contributed by atoms with Crippen LogP contribution in [-0.4, -0.2) is 83.3 Å². The molecule has 2 rings (SSSR count). The van der Waals surface area contributed by atoms with Crippen molar-refractivity contribution in [2.24, 2.45) is 11.8 Å². The van der Waals surface area contributed by atoms with E-state index in [1.807, 2.05) is 27.7 Å². The number of thiazole rings is 1. The number of ether oxygens (including phenoxy) is 1.